The van der Waals surface area contributed by atoms with Crippen molar-refractivity contribution in [3.63, 3.8) is 0 Å². The summed E-state index contributed by atoms with van der Waals surface area (Å²) in [5.74, 6) is -0.389. The predicted molar refractivity (Wildman–Crippen MR) is 109 cm³/mol. The van der Waals surface area contributed by atoms with Crippen LogP contribution in [0.2, 0.25) is 5.02 Å². The van der Waals surface area contributed by atoms with Crippen LogP contribution in [0.25, 0.3) is 0 Å². The smallest absolute Gasteiger partial charge is 0.414 e. The molecule has 10 heteroatoms. The summed E-state index contributed by atoms with van der Waals surface area (Å²) in [5, 5.41) is 3.26. The van der Waals surface area contributed by atoms with Crippen molar-refractivity contribution in [1.82, 2.24) is 9.62 Å². The van der Waals surface area contributed by atoms with E-state index in [1.165, 1.54) is 43.3 Å². The molecule has 8 nitrogen and oxygen atoms in total. The van der Waals surface area contributed by atoms with Crippen LogP contribution in [0.15, 0.2) is 53.4 Å². The van der Waals surface area contributed by atoms with Crippen molar-refractivity contribution in [2.24, 2.45) is 0 Å². The van der Waals surface area contributed by atoms with Crippen LogP contribution >= 0.6 is 11.6 Å². The Hall–Kier alpha value is -2.62. The zero-order chi connectivity index (χ0) is 21.2. The first-order valence-corrected chi connectivity index (χ1v) is 10.5. The number of hydrogen-bond acceptors (Lipinski definition) is 5. The third kappa shape index (κ3) is 4.69. The molecule has 1 aliphatic heterocycles. The van der Waals surface area contributed by atoms with Crippen LogP contribution < -0.4 is 10.2 Å². The van der Waals surface area contributed by atoms with Gasteiger partial charge in [-0.2, -0.15) is 0 Å². The maximum Gasteiger partial charge on any atom is 0.414 e. The Bertz CT molecular complexity index is 1010. The van der Waals surface area contributed by atoms with Crippen LogP contribution in [0.3, 0.4) is 0 Å². The fraction of sp³-hybridized carbons (Fsp3) is 0.263. The quantitative estimate of drug-likeness (QED) is 0.748. The van der Waals surface area contributed by atoms with Gasteiger partial charge in [0.1, 0.15) is 6.10 Å². The van der Waals surface area contributed by atoms with Crippen molar-refractivity contribution in [3.05, 3.63) is 59.1 Å². The average molecular weight is 438 g/mol. The minimum atomic E-state index is -3.56. The van der Waals surface area contributed by atoms with Gasteiger partial charge in [-0.05, 0) is 48.5 Å². The van der Waals surface area contributed by atoms with E-state index in [1.807, 2.05) is 0 Å². The molecule has 0 saturated carbocycles. The number of anilines is 1. The summed E-state index contributed by atoms with van der Waals surface area (Å²) in [7, 11) is -0.682. The van der Waals surface area contributed by atoms with Gasteiger partial charge in [-0.1, -0.05) is 11.6 Å². The van der Waals surface area contributed by atoms with Crippen LogP contribution in [0.4, 0.5) is 10.5 Å². The maximum atomic E-state index is 12.3. The fourth-order valence-electron chi connectivity index (χ4n) is 2.76. The standard InChI is InChI=1S/C19H20ClN3O5S/c1-22(2)29(26,27)17-9-3-13(4-10-17)18(24)21-11-16-12-23(19(25)28-16)15-7-5-14(20)6-8-15/h3-10,16H,11-12H2,1-2H3,(H,21,24)/t16-/m1/s1. The molecule has 2 aromatic carbocycles. The Kier molecular flexibility index (Phi) is 6.11. The molecular weight excluding hydrogens is 418 g/mol. The highest BCUT2D eigenvalue weighted by atomic mass is 35.5. The summed E-state index contributed by atoms with van der Waals surface area (Å²) >= 11 is 5.86. The van der Waals surface area contributed by atoms with Crippen molar-refractivity contribution in [2.45, 2.75) is 11.0 Å². The van der Waals surface area contributed by atoms with E-state index in [-0.39, 0.29) is 17.3 Å². The number of sulfonamides is 1. The van der Waals surface area contributed by atoms with E-state index in [4.69, 9.17) is 16.3 Å². The van der Waals surface area contributed by atoms with E-state index < -0.39 is 22.2 Å². The number of rotatable bonds is 6. The minimum absolute atomic E-state index is 0.0994. The van der Waals surface area contributed by atoms with Crippen LogP contribution in [0.1, 0.15) is 10.4 Å². The lowest BCUT2D eigenvalue weighted by Gasteiger charge is -2.13. The summed E-state index contributed by atoms with van der Waals surface area (Å²) in [5.41, 5.74) is 0.965. The normalized spacial score (nSPS) is 16.8. The van der Waals surface area contributed by atoms with Gasteiger partial charge >= 0.3 is 6.09 Å². The molecule has 0 spiro atoms. The second-order valence-electron chi connectivity index (χ2n) is 6.61. The molecule has 1 N–H and O–H groups in total. The molecule has 1 saturated heterocycles. The van der Waals surface area contributed by atoms with Gasteiger partial charge in [-0.15, -0.1) is 0 Å². The maximum absolute atomic E-state index is 12.3. The average Bonchev–Trinajstić information content (AvgIpc) is 3.07. The molecule has 2 amide bonds. The van der Waals surface area contributed by atoms with Crippen LogP contribution in [-0.2, 0) is 14.8 Å². The van der Waals surface area contributed by atoms with Gasteiger partial charge in [0.25, 0.3) is 5.91 Å². The highest BCUT2D eigenvalue weighted by Gasteiger charge is 2.32. The predicted octanol–water partition coefficient (Wildman–Crippen LogP) is 2.35. The zero-order valence-electron chi connectivity index (χ0n) is 15.8. The number of hydrogen-bond donors (Lipinski definition) is 1. The Balaban J connectivity index is 1.58. The molecule has 0 unspecified atom stereocenters. The number of ether oxygens (including phenoxy) is 1. The summed E-state index contributed by atoms with van der Waals surface area (Å²) < 4.78 is 30.5. The number of halogens is 1. The van der Waals surface area contributed by atoms with E-state index in [0.717, 1.165) is 4.31 Å². The Morgan fingerprint density at radius 1 is 1.17 bits per heavy atom. The Labute approximate surface area is 174 Å². The fourth-order valence-corrected chi connectivity index (χ4v) is 3.79. The highest BCUT2D eigenvalue weighted by Crippen LogP contribution is 2.23. The SMILES string of the molecule is CN(C)S(=O)(=O)c1ccc(C(=O)NC[C@@H]2CN(c3ccc(Cl)cc3)C(=O)O2)cc1. The van der Waals surface area contributed by atoms with Crippen molar-refractivity contribution in [1.29, 1.82) is 0 Å². The molecule has 29 heavy (non-hydrogen) atoms. The summed E-state index contributed by atoms with van der Waals surface area (Å²) in [6.45, 7) is 0.424. The third-order valence-corrected chi connectivity index (χ3v) is 6.48. The van der Waals surface area contributed by atoms with Crippen molar-refractivity contribution >= 4 is 39.3 Å². The van der Waals surface area contributed by atoms with Gasteiger partial charge in [-0.25, -0.2) is 17.5 Å². The van der Waals surface area contributed by atoms with E-state index in [1.54, 1.807) is 24.3 Å². The number of nitrogens with zero attached hydrogens (tertiary/aromatic N) is 2. The van der Waals surface area contributed by atoms with Crippen LogP contribution in [0, 0.1) is 0 Å². The monoisotopic (exact) mass is 437 g/mol. The molecule has 0 bridgehead atoms. The first-order valence-electron chi connectivity index (χ1n) is 8.73. The summed E-state index contributed by atoms with van der Waals surface area (Å²) in [4.78, 5) is 26.0. The van der Waals surface area contributed by atoms with E-state index in [2.05, 4.69) is 5.32 Å². The second-order valence-corrected chi connectivity index (χ2v) is 9.20. The molecular formula is C19H20ClN3O5S. The molecule has 2 aromatic rings. The summed E-state index contributed by atoms with van der Waals surface area (Å²) in [6.07, 6.45) is -1.000. The molecule has 0 radical (unpaired) electrons. The lowest BCUT2D eigenvalue weighted by molar-refractivity contribution is 0.0916. The minimum Gasteiger partial charge on any atom is -0.442 e. The number of benzene rings is 2. The highest BCUT2D eigenvalue weighted by molar-refractivity contribution is 7.89. The molecule has 3 rings (SSSR count). The second kappa shape index (κ2) is 8.40. The number of carbonyl (C=O) groups is 2. The van der Waals surface area contributed by atoms with Gasteiger partial charge in [0.15, 0.2) is 0 Å². The lowest BCUT2D eigenvalue weighted by atomic mass is 10.2. The first-order chi connectivity index (χ1) is 13.7. The number of carbonyl (C=O) groups excluding carboxylic acids is 2. The molecule has 0 aromatic heterocycles. The van der Waals surface area contributed by atoms with E-state index in [0.29, 0.717) is 22.8 Å². The topological polar surface area (TPSA) is 96.0 Å². The molecule has 154 valence electrons. The van der Waals surface area contributed by atoms with Crippen molar-refractivity contribution in [3.8, 4) is 0 Å². The summed E-state index contributed by atoms with van der Waals surface area (Å²) in [6, 6.07) is 12.4. The Morgan fingerprint density at radius 2 is 1.79 bits per heavy atom. The number of nitrogens with one attached hydrogen (secondary N) is 1. The van der Waals surface area contributed by atoms with Crippen LogP contribution in [0.5, 0.6) is 0 Å². The largest absolute Gasteiger partial charge is 0.442 e. The third-order valence-electron chi connectivity index (χ3n) is 4.40. The van der Waals surface area contributed by atoms with Gasteiger partial charge < -0.3 is 10.1 Å². The van der Waals surface area contributed by atoms with Crippen molar-refractivity contribution in [2.75, 3.05) is 32.1 Å². The van der Waals surface area contributed by atoms with Gasteiger partial charge in [0.2, 0.25) is 10.0 Å². The van der Waals surface area contributed by atoms with Gasteiger partial charge in [0, 0.05) is 30.4 Å². The van der Waals surface area contributed by atoms with Crippen LogP contribution in [-0.4, -0.2) is 58.0 Å². The number of amides is 2. The van der Waals surface area contributed by atoms with Crippen molar-refractivity contribution < 1.29 is 22.7 Å². The van der Waals surface area contributed by atoms with Gasteiger partial charge in [-0.3, -0.25) is 9.69 Å². The lowest BCUT2D eigenvalue weighted by Crippen LogP contribution is -2.34. The molecule has 1 atom stereocenters. The van der Waals surface area contributed by atoms with E-state index >= 15 is 0 Å². The Morgan fingerprint density at radius 3 is 2.38 bits per heavy atom. The first kappa shape index (κ1) is 21.1. The molecule has 1 heterocycles. The van der Waals surface area contributed by atoms with Gasteiger partial charge in [0.05, 0.1) is 18.0 Å². The molecule has 0 aliphatic carbocycles. The number of cyclic esters (lactones) is 1. The molecule has 1 aliphatic rings. The molecule has 1 fully saturated rings. The van der Waals surface area contributed by atoms with E-state index in [9.17, 15) is 18.0 Å². The zero-order valence-corrected chi connectivity index (χ0v) is 17.4.